The lowest BCUT2D eigenvalue weighted by Gasteiger charge is -2.25. The Morgan fingerprint density at radius 2 is 1.81 bits per heavy atom. The maximum absolute atomic E-state index is 12.4. The number of rotatable bonds is 8. The van der Waals surface area contributed by atoms with Gasteiger partial charge in [-0.25, -0.2) is 0 Å². The van der Waals surface area contributed by atoms with E-state index in [1.54, 1.807) is 4.90 Å². The topological polar surface area (TPSA) is 79.0 Å². The molecule has 0 spiro atoms. The lowest BCUT2D eigenvalue weighted by Crippen LogP contribution is -2.32. The number of likely N-dealkylation sites (tertiary alicyclic amines) is 1. The molecule has 2 amide bonds. The van der Waals surface area contributed by atoms with Gasteiger partial charge in [0, 0.05) is 39.3 Å². The molecule has 0 saturated carbocycles. The molecule has 1 saturated heterocycles. The van der Waals surface area contributed by atoms with Crippen molar-refractivity contribution in [3.8, 4) is 0 Å². The average Bonchev–Trinajstić information content (AvgIpc) is 3.18. The number of hydrogen-bond donors (Lipinski definition) is 1. The first kappa shape index (κ1) is 22.3. The maximum atomic E-state index is 12.4. The number of benzene rings is 2. The first-order chi connectivity index (χ1) is 14.8. The molecule has 1 fully saturated rings. The number of amides is 2. The zero-order valence-corrected chi connectivity index (χ0v) is 18.2. The van der Waals surface area contributed by atoms with E-state index in [-0.39, 0.29) is 30.9 Å². The first-order valence-electron chi connectivity index (χ1n) is 10.4. The Kier molecular flexibility index (Phi) is 7.28. The summed E-state index contributed by atoms with van der Waals surface area (Å²) in [5.41, 5.74) is 3.05. The number of carbonyl (C=O) groups is 3. The van der Waals surface area contributed by atoms with Crippen molar-refractivity contribution in [3.05, 3.63) is 65.7 Å². The summed E-state index contributed by atoms with van der Waals surface area (Å²) in [5.74, 6) is -1.51. The van der Waals surface area contributed by atoms with E-state index < -0.39 is 11.9 Å². The Balaban J connectivity index is 1.44. The van der Waals surface area contributed by atoms with Gasteiger partial charge in [0.05, 0.1) is 12.0 Å². The van der Waals surface area contributed by atoms with Crippen molar-refractivity contribution in [1.29, 1.82) is 0 Å². The van der Waals surface area contributed by atoms with Crippen molar-refractivity contribution in [2.75, 3.05) is 32.1 Å². The Morgan fingerprint density at radius 1 is 1.13 bits per heavy atom. The van der Waals surface area contributed by atoms with Gasteiger partial charge in [-0.05, 0) is 30.2 Å². The minimum absolute atomic E-state index is 0.0797. The van der Waals surface area contributed by atoms with Crippen molar-refractivity contribution in [3.63, 3.8) is 0 Å². The molecule has 164 valence electrons. The average molecular weight is 424 g/mol. The Morgan fingerprint density at radius 3 is 2.45 bits per heavy atom. The quantitative estimate of drug-likeness (QED) is 0.660. The van der Waals surface area contributed by atoms with Crippen molar-refractivity contribution in [1.82, 2.24) is 10.2 Å². The third-order valence-electron chi connectivity index (χ3n) is 5.53. The van der Waals surface area contributed by atoms with Crippen LogP contribution in [-0.4, -0.2) is 49.9 Å². The highest BCUT2D eigenvalue weighted by atomic mass is 16.5. The number of carbonyl (C=O) groups excluding carboxylic acids is 3. The molecular weight excluding hydrogens is 394 g/mol. The fourth-order valence-corrected chi connectivity index (χ4v) is 3.59. The molecule has 0 aliphatic carbocycles. The van der Waals surface area contributed by atoms with Gasteiger partial charge in [0.15, 0.2) is 6.61 Å². The maximum Gasteiger partial charge on any atom is 0.311 e. The summed E-state index contributed by atoms with van der Waals surface area (Å²) in [6, 6.07) is 17.4. The first-order valence-corrected chi connectivity index (χ1v) is 10.4. The lowest BCUT2D eigenvalue weighted by molar-refractivity contribution is -0.152. The van der Waals surface area contributed by atoms with E-state index in [0.29, 0.717) is 13.1 Å². The van der Waals surface area contributed by atoms with Gasteiger partial charge in [-0.15, -0.1) is 0 Å². The van der Waals surface area contributed by atoms with E-state index in [1.807, 2.05) is 80.5 Å². The van der Waals surface area contributed by atoms with Gasteiger partial charge in [0.2, 0.25) is 5.91 Å². The highest BCUT2D eigenvalue weighted by molar-refractivity contribution is 5.88. The van der Waals surface area contributed by atoms with Gasteiger partial charge in [-0.1, -0.05) is 42.5 Å². The largest absolute Gasteiger partial charge is 0.455 e. The van der Waals surface area contributed by atoms with Crippen LogP contribution in [0.2, 0.25) is 0 Å². The Hall–Kier alpha value is -3.35. The van der Waals surface area contributed by atoms with Crippen LogP contribution in [0, 0.1) is 5.92 Å². The van der Waals surface area contributed by atoms with E-state index in [2.05, 4.69) is 5.32 Å². The zero-order chi connectivity index (χ0) is 22.4. The summed E-state index contributed by atoms with van der Waals surface area (Å²) in [7, 11) is 3.93. The fraction of sp³-hybridized carbons (Fsp3) is 0.375. The van der Waals surface area contributed by atoms with Crippen molar-refractivity contribution in [2.45, 2.75) is 25.9 Å². The molecule has 31 heavy (non-hydrogen) atoms. The van der Waals surface area contributed by atoms with E-state index in [1.165, 1.54) is 0 Å². The third kappa shape index (κ3) is 5.84. The molecule has 0 aromatic heterocycles. The monoisotopic (exact) mass is 423 g/mol. The van der Waals surface area contributed by atoms with E-state index in [0.717, 1.165) is 16.8 Å². The second kappa shape index (κ2) is 10.1. The number of nitrogens with zero attached hydrogens (tertiary/aromatic N) is 2. The van der Waals surface area contributed by atoms with Gasteiger partial charge in [-0.2, -0.15) is 0 Å². The minimum atomic E-state index is -0.551. The van der Waals surface area contributed by atoms with Crippen molar-refractivity contribution >= 4 is 23.5 Å². The molecule has 2 aromatic carbocycles. The van der Waals surface area contributed by atoms with E-state index >= 15 is 0 Å². The van der Waals surface area contributed by atoms with Crippen molar-refractivity contribution < 1.29 is 19.1 Å². The molecule has 7 heteroatoms. The number of nitrogens with one attached hydrogen (secondary N) is 1. The molecule has 2 aromatic rings. The van der Waals surface area contributed by atoms with Gasteiger partial charge in [-0.3, -0.25) is 14.4 Å². The summed E-state index contributed by atoms with van der Waals surface area (Å²) < 4.78 is 5.17. The van der Waals surface area contributed by atoms with Crippen LogP contribution in [0.1, 0.15) is 30.5 Å². The predicted octanol–water partition coefficient (Wildman–Crippen LogP) is 2.52. The molecule has 0 unspecified atom stereocenters. The molecule has 0 bridgehead atoms. The van der Waals surface area contributed by atoms with Gasteiger partial charge in [0.1, 0.15) is 0 Å². The van der Waals surface area contributed by atoms with Crippen LogP contribution in [0.15, 0.2) is 54.6 Å². The molecule has 1 aliphatic rings. The summed E-state index contributed by atoms with van der Waals surface area (Å²) in [6.45, 7) is 2.24. The molecule has 3 rings (SSSR count). The summed E-state index contributed by atoms with van der Waals surface area (Å²) in [6.07, 6.45) is 0.107. The lowest BCUT2D eigenvalue weighted by atomic mass is 10.1. The Bertz CT molecular complexity index is 912. The second-order valence-electron chi connectivity index (χ2n) is 7.98. The predicted molar refractivity (Wildman–Crippen MR) is 118 cm³/mol. The summed E-state index contributed by atoms with van der Waals surface area (Å²) in [4.78, 5) is 40.5. The number of esters is 1. The molecule has 7 nitrogen and oxygen atoms in total. The highest BCUT2D eigenvalue weighted by Gasteiger charge is 2.38. The van der Waals surface area contributed by atoms with Crippen molar-refractivity contribution in [2.24, 2.45) is 5.92 Å². The van der Waals surface area contributed by atoms with Gasteiger partial charge < -0.3 is 19.9 Å². The summed E-state index contributed by atoms with van der Waals surface area (Å²) >= 11 is 0. The standard InChI is InChI=1S/C24H29N3O4/c1-17(19-7-5-4-6-8-19)27-15-20(13-23(27)29)24(30)31-16-22(28)25-14-18-9-11-21(12-10-18)26(2)3/h4-12,17,20H,13-16H2,1-3H3,(H,25,28)/t17-,20-/m0/s1. The molecule has 1 N–H and O–H groups in total. The van der Waals surface area contributed by atoms with Crippen LogP contribution < -0.4 is 10.2 Å². The Labute approximate surface area is 183 Å². The van der Waals surface area contributed by atoms with Gasteiger partial charge >= 0.3 is 5.97 Å². The van der Waals surface area contributed by atoms with Crippen LogP contribution in [0.4, 0.5) is 5.69 Å². The smallest absolute Gasteiger partial charge is 0.311 e. The van der Waals surface area contributed by atoms with Crippen LogP contribution in [-0.2, 0) is 25.7 Å². The SMILES string of the molecule is C[C@@H](c1ccccc1)N1C[C@@H](C(=O)OCC(=O)NCc2ccc(N(C)C)cc2)CC1=O. The second-order valence-corrected chi connectivity index (χ2v) is 7.98. The number of hydrogen-bond acceptors (Lipinski definition) is 5. The van der Waals surface area contributed by atoms with Crippen LogP contribution in [0.5, 0.6) is 0 Å². The molecule has 1 heterocycles. The number of anilines is 1. The highest BCUT2D eigenvalue weighted by Crippen LogP contribution is 2.28. The normalized spacial score (nSPS) is 16.7. The zero-order valence-electron chi connectivity index (χ0n) is 18.2. The molecule has 1 aliphatic heterocycles. The number of ether oxygens (including phenoxy) is 1. The van der Waals surface area contributed by atoms with E-state index in [4.69, 9.17) is 4.74 Å². The third-order valence-corrected chi connectivity index (χ3v) is 5.53. The molecular formula is C24H29N3O4. The van der Waals surface area contributed by atoms with Crippen LogP contribution >= 0.6 is 0 Å². The summed E-state index contributed by atoms with van der Waals surface area (Å²) in [5, 5.41) is 2.74. The molecule has 0 radical (unpaired) electrons. The van der Waals surface area contributed by atoms with Gasteiger partial charge in [0.25, 0.3) is 5.91 Å². The fourth-order valence-electron chi connectivity index (χ4n) is 3.59. The van der Waals surface area contributed by atoms with Crippen LogP contribution in [0.3, 0.4) is 0 Å². The molecule has 2 atom stereocenters. The minimum Gasteiger partial charge on any atom is -0.455 e. The van der Waals surface area contributed by atoms with Crippen LogP contribution in [0.25, 0.3) is 0 Å². The van der Waals surface area contributed by atoms with E-state index in [9.17, 15) is 14.4 Å².